The van der Waals surface area contributed by atoms with E-state index in [1.165, 1.54) is 7.11 Å². The van der Waals surface area contributed by atoms with Crippen LogP contribution in [0.1, 0.15) is 40.0 Å². The van der Waals surface area contributed by atoms with Crippen LogP contribution >= 0.6 is 0 Å². The van der Waals surface area contributed by atoms with Crippen LogP contribution in [0, 0.1) is 0 Å². The first-order valence-corrected chi connectivity index (χ1v) is 7.64. The standard InChI is InChI=1S/C15H28N2O3/c1-5-16-15(13(18)19-4)7-6-12(10-15)17-8-9-20-14(2,3)11-17/h12,16H,5-11H2,1-4H3. The fraction of sp³-hybridized carbons (Fsp3) is 0.933. The first-order valence-electron chi connectivity index (χ1n) is 7.64. The summed E-state index contributed by atoms with van der Waals surface area (Å²) >= 11 is 0. The molecule has 2 unspecified atom stereocenters. The molecule has 1 aliphatic carbocycles. The second-order valence-corrected chi connectivity index (χ2v) is 6.58. The number of ether oxygens (including phenoxy) is 2. The summed E-state index contributed by atoms with van der Waals surface area (Å²) in [4.78, 5) is 14.6. The minimum atomic E-state index is -0.489. The van der Waals surface area contributed by atoms with Crippen LogP contribution in [0.2, 0.25) is 0 Å². The molecule has 1 heterocycles. The van der Waals surface area contributed by atoms with Crippen molar-refractivity contribution in [3.05, 3.63) is 0 Å². The van der Waals surface area contributed by atoms with Gasteiger partial charge in [-0.1, -0.05) is 6.92 Å². The van der Waals surface area contributed by atoms with E-state index >= 15 is 0 Å². The van der Waals surface area contributed by atoms with Gasteiger partial charge in [0.2, 0.25) is 0 Å². The Kier molecular flexibility index (Phi) is 4.72. The molecule has 20 heavy (non-hydrogen) atoms. The number of carbonyl (C=O) groups excluding carboxylic acids is 1. The number of likely N-dealkylation sites (N-methyl/N-ethyl adjacent to an activating group) is 1. The maximum atomic E-state index is 12.2. The highest BCUT2D eigenvalue weighted by Gasteiger charge is 2.48. The molecule has 2 aliphatic rings. The average molecular weight is 284 g/mol. The molecule has 0 radical (unpaired) electrons. The van der Waals surface area contributed by atoms with Crippen LogP contribution in [0.4, 0.5) is 0 Å². The molecule has 1 N–H and O–H groups in total. The predicted molar refractivity (Wildman–Crippen MR) is 77.7 cm³/mol. The highest BCUT2D eigenvalue weighted by atomic mass is 16.5. The Morgan fingerprint density at radius 1 is 1.50 bits per heavy atom. The summed E-state index contributed by atoms with van der Waals surface area (Å²) < 4.78 is 10.8. The molecule has 5 nitrogen and oxygen atoms in total. The molecule has 2 atom stereocenters. The minimum absolute atomic E-state index is 0.0903. The molecule has 2 fully saturated rings. The van der Waals surface area contributed by atoms with Gasteiger partial charge in [0.1, 0.15) is 5.54 Å². The third-order valence-electron chi connectivity index (χ3n) is 4.55. The molecular weight excluding hydrogens is 256 g/mol. The zero-order valence-corrected chi connectivity index (χ0v) is 13.2. The highest BCUT2D eigenvalue weighted by molar-refractivity contribution is 5.81. The molecule has 2 rings (SSSR count). The Labute approximate surface area is 122 Å². The molecule has 0 bridgehead atoms. The topological polar surface area (TPSA) is 50.8 Å². The van der Waals surface area contributed by atoms with E-state index in [1.54, 1.807) is 0 Å². The van der Waals surface area contributed by atoms with Crippen molar-refractivity contribution in [3.63, 3.8) is 0 Å². The monoisotopic (exact) mass is 284 g/mol. The fourth-order valence-electron chi connectivity index (χ4n) is 3.65. The molecular formula is C15H28N2O3. The van der Waals surface area contributed by atoms with Crippen molar-refractivity contribution in [3.8, 4) is 0 Å². The largest absolute Gasteiger partial charge is 0.468 e. The van der Waals surface area contributed by atoms with Gasteiger partial charge in [-0.3, -0.25) is 9.69 Å². The lowest BCUT2D eigenvalue weighted by Crippen LogP contribution is -2.54. The summed E-state index contributed by atoms with van der Waals surface area (Å²) in [5.41, 5.74) is -0.580. The van der Waals surface area contributed by atoms with Crippen LogP contribution in [-0.4, -0.2) is 61.4 Å². The van der Waals surface area contributed by atoms with Crippen molar-refractivity contribution in [2.45, 2.75) is 57.2 Å². The lowest BCUT2D eigenvalue weighted by molar-refractivity contribution is -0.148. The average Bonchev–Trinajstić information content (AvgIpc) is 2.83. The van der Waals surface area contributed by atoms with Crippen molar-refractivity contribution in [1.29, 1.82) is 0 Å². The Morgan fingerprint density at radius 2 is 2.25 bits per heavy atom. The summed E-state index contributed by atoms with van der Waals surface area (Å²) in [6, 6.07) is 0.441. The van der Waals surface area contributed by atoms with Gasteiger partial charge in [0.25, 0.3) is 0 Å². The predicted octanol–water partition coefficient (Wildman–Crippen LogP) is 1.17. The summed E-state index contributed by atoms with van der Waals surface area (Å²) in [5.74, 6) is -0.116. The summed E-state index contributed by atoms with van der Waals surface area (Å²) in [6.45, 7) is 9.75. The molecule has 1 saturated carbocycles. The van der Waals surface area contributed by atoms with Gasteiger partial charge in [-0.25, -0.2) is 0 Å². The summed E-state index contributed by atoms with van der Waals surface area (Å²) in [5, 5.41) is 3.37. The van der Waals surface area contributed by atoms with Crippen LogP contribution in [0.3, 0.4) is 0 Å². The second kappa shape index (κ2) is 6.00. The van der Waals surface area contributed by atoms with Crippen LogP contribution < -0.4 is 5.32 Å². The Bertz CT molecular complexity index is 359. The van der Waals surface area contributed by atoms with Crippen molar-refractivity contribution < 1.29 is 14.3 Å². The van der Waals surface area contributed by atoms with Gasteiger partial charge in [-0.15, -0.1) is 0 Å². The third kappa shape index (κ3) is 3.15. The number of nitrogens with zero attached hydrogens (tertiary/aromatic N) is 1. The fourth-order valence-corrected chi connectivity index (χ4v) is 3.65. The Balaban J connectivity index is 2.04. The van der Waals surface area contributed by atoms with E-state index in [-0.39, 0.29) is 11.6 Å². The van der Waals surface area contributed by atoms with Gasteiger partial charge in [-0.2, -0.15) is 0 Å². The molecule has 1 saturated heterocycles. The zero-order chi connectivity index (χ0) is 14.8. The van der Waals surface area contributed by atoms with Crippen LogP contribution in [0.15, 0.2) is 0 Å². The van der Waals surface area contributed by atoms with E-state index in [1.807, 2.05) is 6.92 Å². The zero-order valence-electron chi connectivity index (χ0n) is 13.2. The lowest BCUT2D eigenvalue weighted by atomic mass is 9.96. The van der Waals surface area contributed by atoms with Gasteiger partial charge in [0, 0.05) is 19.1 Å². The molecule has 0 aromatic heterocycles. The van der Waals surface area contributed by atoms with E-state index in [0.29, 0.717) is 6.04 Å². The van der Waals surface area contributed by atoms with Gasteiger partial charge in [-0.05, 0) is 39.7 Å². The van der Waals surface area contributed by atoms with Gasteiger partial charge >= 0.3 is 5.97 Å². The van der Waals surface area contributed by atoms with E-state index < -0.39 is 5.54 Å². The Hall–Kier alpha value is -0.650. The van der Waals surface area contributed by atoms with E-state index in [4.69, 9.17) is 9.47 Å². The van der Waals surface area contributed by atoms with Crippen LogP contribution in [-0.2, 0) is 14.3 Å². The normalized spacial score (nSPS) is 34.1. The summed E-state index contributed by atoms with van der Waals surface area (Å²) in [6.07, 6.45) is 2.73. The third-order valence-corrected chi connectivity index (χ3v) is 4.55. The quantitative estimate of drug-likeness (QED) is 0.785. The van der Waals surface area contributed by atoms with Gasteiger partial charge < -0.3 is 14.8 Å². The number of hydrogen-bond acceptors (Lipinski definition) is 5. The van der Waals surface area contributed by atoms with Gasteiger partial charge in [0.05, 0.1) is 19.3 Å². The van der Waals surface area contributed by atoms with E-state index in [2.05, 4.69) is 24.1 Å². The van der Waals surface area contributed by atoms with Crippen LogP contribution in [0.5, 0.6) is 0 Å². The number of esters is 1. The number of methoxy groups -OCH3 is 1. The second-order valence-electron chi connectivity index (χ2n) is 6.58. The maximum absolute atomic E-state index is 12.2. The molecule has 5 heteroatoms. The number of rotatable bonds is 4. The molecule has 0 aromatic rings. The Morgan fingerprint density at radius 3 is 2.85 bits per heavy atom. The van der Waals surface area contributed by atoms with Gasteiger partial charge in [0.15, 0.2) is 0 Å². The molecule has 1 aliphatic heterocycles. The van der Waals surface area contributed by atoms with E-state index in [0.717, 1.165) is 45.5 Å². The number of morpholine rings is 1. The van der Waals surface area contributed by atoms with Crippen molar-refractivity contribution in [1.82, 2.24) is 10.2 Å². The number of hydrogen-bond donors (Lipinski definition) is 1. The minimum Gasteiger partial charge on any atom is -0.468 e. The van der Waals surface area contributed by atoms with Crippen molar-refractivity contribution >= 4 is 5.97 Å². The maximum Gasteiger partial charge on any atom is 0.326 e. The lowest BCUT2D eigenvalue weighted by Gasteiger charge is -2.41. The SMILES string of the molecule is CCNC1(C(=O)OC)CCC(N2CCOC(C)(C)C2)C1. The first kappa shape index (κ1) is 15.7. The van der Waals surface area contributed by atoms with Crippen molar-refractivity contribution in [2.75, 3.05) is 33.4 Å². The van der Waals surface area contributed by atoms with Crippen LogP contribution in [0.25, 0.3) is 0 Å². The molecule has 0 amide bonds. The highest BCUT2D eigenvalue weighted by Crippen LogP contribution is 2.35. The molecule has 0 aromatic carbocycles. The summed E-state index contributed by atoms with van der Waals surface area (Å²) in [7, 11) is 1.48. The number of nitrogens with one attached hydrogen (secondary N) is 1. The molecule has 116 valence electrons. The molecule has 0 spiro atoms. The smallest absolute Gasteiger partial charge is 0.326 e. The van der Waals surface area contributed by atoms with E-state index in [9.17, 15) is 4.79 Å². The first-order chi connectivity index (χ1) is 9.42. The number of carbonyl (C=O) groups is 1. The van der Waals surface area contributed by atoms with Crippen molar-refractivity contribution in [2.24, 2.45) is 0 Å².